The van der Waals surface area contributed by atoms with Crippen molar-refractivity contribution in [1.82, 2.24) is 0 Å². The molecule has 0 amide bonds. The minimum atomic E-state index is 0.802. The Kier molecular flexibility index (Phi) is 4.88. The Hall–Kier alpha value is -0.520. The van der Waals surface area contributed by atoms with Gasteiger partial charge >= 0.3 is 0 Å². The van der Waals surface area contributed by atoms with Crippen LogP contribution in [0.5, 0.6) is 0 Å². The second-order valence-electron chi connectivity index (χ2n) is 4.13. The van der Waals surface area contributed by atoms with E-state index in [1.54, 1.807) is 0 Å². The maximum absolute atomic E-state index is 3.87. The van der Waals surface area contributed by atoms with Gasteiger partial charge in [-0.1, -0.05) is 31.6 Å². The zero-order valence-electron chi connectivity index (χ0n) is 8.84. The van der Waals surface area contributed by atoms with Crippen LogP contribution in [0, 0.1) is 11.8 Å². The van der Waals surface area contributed by atoms with Gasteiger partial charge in [-0.05, 0) is 43.9 Å². The fourth-order valence-corrected chi connectivity index (χ4v) is 2.03. The lowest BCUT2D eigenvalue weighted by Crippen LogP contribution is -2.10. The summed E-state index contributed by atoms with van der Waals surface area (Å²) in [6.45, 7) is 6.10. The number of hydrogen-bond donors (Lipinski definition) is 0. The molecule has 74 valence electrons. The fraction of sp³-hybridized carbons (Fsp3) is 0.692. The number of rotatable bonds is 4. The molecule has 1 saturated carbocycles. The lowest BCUT2D eigenvalue weighted by atomic mass is 9.82. The highest BCUT2D eigenvalue weighted by molar-refractivity contribution is 4.93. The molecule has 0 atom stereocenters. The Labute approximate surface area is 82.7 Å². The first-order valence-electron chi connectivity index (χ1n) is 5.66. The van der Waals surface area contributed by atoms with E-state index in [9.17, 15) is 0 Å². The zero-order chi connectivity index (χ0) is 9.52. The average molecular weight is 178 g/mol. The SMILES string of the molecule is C=CC1CCC(C=CCCC)CC1. The predicted octanol–water partition coefficient (Wildman–Crippen LogP) is 4.34. The quantitative estimate of drug-likeness (QED) is 0.562. The van der Waals surface area contributed by atoms with Gasteiger partial charge in [0.25, 0.3) is 0 Å². The predicted molar refractivity (Wildman–Crippen MR) is 59.7 cm³/mol. The van der Waals surface area contributed by atoms with Gasteiger partial charge in [0.1, 0.15) is 0 Å². The third-order valence-corrected chi connectivity index (χ3v) is 3.01. The number of allylic oxidation sites excluding steroid dienone is 3. The van der Waals surface area contributed by atoms with E-state index in [1.165, 1.54) is 38.5 Å². The van der Waals surface area contributed by atoms with Gasteiger partial charge in [0.15, 0.2) is 0 Å². The zero-order valence-corrected chi connectivity index (χ0v) is 8.84. The Bertz CT molecular complexity index is 159. The average Bonchev–Trinajstić information content (AvgIpc) is 2.19. The van der Waals surface area contributed by atoms with Crippen LogP contribution in [-0.2, 0) is 0 Å². The van der Waals surface area contributed by atoms with Crippen LogP contribution in [0.2, 0.25) is 0 Å². The van der Waals surface area contributed by atoms with Crippen LogP contribution in [0.25, 0.3) is 0 Å². The van der Waals surface area contributed by atoms with E-state index in [4.69, 9.17) is 0 Å². The molecular weight excluding hydrogens is 156 g/mol. The fourth-order valence-electron chi connectivity index (χ4n) is 2.03. The summed E-state index contributed by atoms with van der Waals surface area (Å²) in [7, 11) is 0. The van der Waals surface area contributed by atoms with Crippen molar-refractivity contribution in [2.45, 2.75) is 45.4 Å². The van der Waals surface area contributed by atoms with Crippen LogP contribution < -0.4 is 0 Å². The molecule has 13 heavy (non-hydrogen) atoms. The normalized spacial score (nSPS) is 29.3. The van der Waals surface area contributed by atoms with Crippen LogP contribution in [0.1, 0.15) is 45.4 Å². The van der Waals surface area contributed by atoms with Gasteiger partial charge in [0.2, 0.25) is 0 Å². The summed E-state index contributed by atoms with van der Waals surface area (Å²) >= 11 is 0. The van der Waals surface area contributed by atoms with Crippen molar-refractivity contribution in [3.63, 3.8) is 0 Å². The van der Waals surface area contributed by atoms with E-state index in [0.29, 0.717) is 0 Å². The highest BCUT2D eigenvalue weighted by Crippen LogP contribution is 2.29. The molecule has 0 heteroatoms. The van der Waals surface area contributed by atoms with Crippen LogP contribution in [-0.4, -0.2) is 0 Å². The first-order valence-corrected chi connectivity index (χ1v) is 5.66. The first kappa shape index (κ1) is 10.6. The Morgan fingerprint density at radius 3 is 2.31 bits per heavy atom. The topological polar surface area (TPSA) is 0 Å². The molecule has 0 radical (unpaired) electrons. The molecule has 1 fully saturated rings. The van der Waals surface area contributed by atoms with Crippen molar-refractivity contribution in [2.75, 3.05) is 0 Å². The van der Waals surface area contributed by atoms with Crippen molar-refractivity contribution in [2.24, 2.45) is 11.8 Å². The summed E-state index contributed by atoms with van der Waals surface area (Å²) in [6.07, 6.45) is 14.9. The van der Waals surface area contributed by atoms with Gasteiger partial charge in [-0.25, -0.2) is 0 Å². The Morgan fingerprint density at radius 2 is 1.77 bits per heavy atom. The number of unbranched alkanes of at least 4 members (excludes halogenated alkanes) is 1. The Morgan fingerprint density at radius 1 is 1.15 bits per heavy atom. The van der Waals surface area contributed by atoms with Crippen molar-refractivity contribution < 1.29 is 0 Å². The molecule has 0 heterocycles. The maximum Gasteiger partial charge on any atom is -0.0233 e. The smallest absolute Gasteiger partial charge is 0.0233 e. The highest BCUT2D eigenvalue weighted by atomic mass is 14.2. The first-order chi connectivity index (χ1) is 6.36. The molecule has 1 aliphatic carbocycles. The molecule has 0 N–H and O–H groups in total. The summed E-state index contributed by atoms with van der Waals surface area (Å²) in [5.41, 5.74) is 0. The summed E-state index contributed by atoms with van der Waals surface area (Å²) in [5, 5.41) is 0. The summed E-state index contributed by atoms with van der Waals surface area (Å²) in [5.74, 6) is 1.67. The maximum atomic E-state index is 3.87. The van der Waals surface area contributed by atoms with Crippen molar-refractivity contribution >= 4 is 0 Å². The molecule has 0 aromatic rings. The van der Waals surface area contributed by atoms with Gasteiger partial charge in [-0.3, -0.25) is 0 Å². The van der Waals surface area contributed by atoms with Crippen LogP contribution in [0.3, 0.4) is 0 Å². The lowest BCUT2D eigenvalue weighted by Gasteiger charge is -2.24. The summed E-state index contributed by atoms with van der Waals surface area (Å²) in [4.78, 5) is 0. The molecule has 0 saturated heterocycles. The second-order valence-corrected chi connectivity index (χ2v) is 4.13. The van der Waals surface area contributed by atoms with Crippen LogP contribution >= 0.6 is 0 Å². The third-order valence-electron chi connectivity index (χ3n) is 3.01. The van der Waals surface area contributed by atoms with Gasteiger partial charge in [0.05, 0.1) is 0 Å². The molecule has 1 rings (SSSR count). The van der Waals surface area contributed by atoms with Crippen LogP contribution in [0.4, 0.5) is 0 Å². The minimum absolute atomic E-state index is 0.802. The monoisotopic (exact) mass is 178 g/mol. The van der Waals surface area contributed by atoms with E-state index in [0.717, 1.165) is 11.8 Å². The standard InChI is InChI=1S/C13H22/c1-3-5-6-7-13-10-8-12(4-2)9-11-13/h4,6-7,12-13H,2-3,5,8-11H2,1H3. The molecular formula is C13H22. The van der Waals surface area contributed by atoms with Crippen molar-refractivity contribution in [3.05, 3.63) is 24.8 Å². The molecule has 0 bridgehead atoms. The lowest BCUT2D eigenvalue weighted by molar-refractivity contribution is 0.356. The van der Waals surface area contributed by atoms with Gasteiger partial charge in [0, 0.05) is 0 Å². The second kappa shape index (κ2) is 6.01. The van der Waals surface area contributed by atoms with Crippen LogP contribution in [0.15, 0.2) is 24.8 Å². The molecule has 1 aliphatic rings. The van der Waals surface area contributed by atoms with E-state index in [-0.39, 0.29) is 0 Å². The minimum Gasteiger partial charge on any atom is -0.103 e. The van der Waals surface area contributed by atoms with E-state index in [2.05, 4.69) is 31.7 Å². The van der Waals surface area contributed by atoms with E-state index >= 15 is 0 Å². The van der Waals surface area contributed by atoms with E-state index in [1.807, 2.05) is 0 Å². The molecule has 0 unspecified atom stereocenters. The molecule has 0 aliphatic heterocycles. The molecule has 0 nitrogen and oxygen atoms in total. The Balaban J connectivity index is 2.20. The van der Waals surface area contributed by atoms with E-state index < -0.39 is 0 Å². The van der Waals surface area contributed by atoms with Gasteiger partial charge < -0.3 is 0 Å². The van der Waals surface area contributed by atoms with Gasteiger partial charge in [-0.15, -0.1) is 6.58 Å². The van der Waals surface area contributed by atoms with Crippen molar-refractivity contribution in [1.29, 1.82) is 0 Å². The highest BCUT2D eigenvalue weighted by Gasteiger charge is 2.16. The van der Waals surface area contributed by atoms with Crippen molar-refractivity contribution in [3.8, 4) is 0 Å². The molecule has 0 spiro atoms. The largest absolute Gasteiger partial charge is 0.103 e. The summed E-state index contributed by atoms with van der Waals surface area (Å²) < 4.78 is 0. The molecule has 0 aromatic heterocycles. The summed E-state index contributed by atoms with van der Waals surface area (Å²) in [6, 6.07) is 0. The van der Waals surface area contributed by atoms with Gasteiger partial charge in [-0.2, -0.15) is 0 Å². The number of hydrogen-bond acceptors (Lipinski definition) is 0. The molecule has 0 aromatic carbocycles. The third kappa shape index (κ3) is 3.80.